The first kappa shape index (κ1) is 12.6. The van der Waals surface area contributed by atoms with Crippen LogP contribution in [0.2, 0.25) is 0 Å². The van der Waals surface area contributed by atoms with Crippen LogP contribution in [-0.4, -0.2) is 18.0 Å². The number of hydrogen-bond acceptors (Lipinski definition) is 4. The Morgan fingerprint density at radius 2 is 2.17 bits per heavy atom. The van der Waals surface area contributed by atoms with E-state index in [0.717, 1.165) is 17.1 Å². The molecule has 0 saturated carbocycles. The molecule has 5 heteroatoms. The van der Waals surface area contributed by atoms with E-state index in [-0.39, 0.29) is 5.91 Å². The van der Waals surface area contributed by atoms with Gasteiger partial charge in [0.1, 0.15) is 5.75 Å². The summed E-state index contributed by atoms with van der Waals surface area (Å²) in [5.41, 5.74) is 3.51. The molecule has 0 aliphatic heterocycles. The third-order valence-electron chi connectivity index (χ3n) is 2.47. The number of amides is 1. The zero-order valence-corrected chi connectivity index (χ0v) is 10.9. The molecule has 2 aromatic rings. The standard InChI is InChI=1S/C13H14N2O2S/c1-17-12-5-2-10(3-6-12)15-13(16)7-4-11-8-18-9-14-11/h2-3,5-6,8-9H,4,7H2,1H3,(H,15,16). The van der Waals surface area contributed by atoms with Crippen LogP contribution in [0.5, 0.6) is 5.75 Å². The number of hydrogen-bond donors (Lipinski definition) is 1. The zero-order chi connectivity index (χ0) is 12.8. The molecule has 0 aliphatic carbocycles. The number of nitrogens with zero attached hydrogens (tertiary/aromatic N) is 1. The fraction of sp³-hybridized carbons (Fsp3) is 0.231. The van der Waals surface area contributed by atoms with Crippen molar-refractivity contribution in [3.63, 3.8) is 0 Å². The van der Waals surface area contributed by atoms with Gasteiger partial charge >= 0.3 is 0 Å². The van der Waals surface area contributed by atoms with Crippen molar-refractivity contribution in [2.45, 2.75) is 12.8 Å². The van der Waals surface area contributed by atoms with Gasteiger partial charge in [-0.25, -0.2) is 4.98 Å². The third kappa shape index (κ3) is 3.56. The molecule has 0 atom stereocenters. The summed E-state index contributed by atoms with van der Waals surface area (Å²) in [7, 11) is 1.61. The molecule has 4 nitrogen and oxygen atoms in total. The number of benzene rings is 1. The topological polar surface area (TPSA) is 51.2 Å². The van der Waals surface area contributed by atoms with Gasteiger partial charge < -0.3 is 10.1 Å². The van der Waals surface area contributed by atoms with E-state index in [1.807, 2.05) is 29.6 Å². The van der Waals surface area contributed by atoms with E-state index < -0.39 is 0 Å². The summed E-state index contributed by atoms with van der Waals surface area (Å²) in [6, 6.07) is 7.27. The molecule has 1 amide bonds. The van der Waals surface area contributed by atoms with Gasteiger partial charge in [-0.1, -0.05) is 0 Å². The van der Waals surface area contributed by atoms with Gasteiger partial charge in [-0.2, -0.15) is 0 Å². The Balaban J connectivity index is 1.83. The van der Waals surface area contributed by atoms with Gasteiger partial charge in [0, 0.05) is 17.5 Å². The number of anilines is 1. The first-order valence-corrected chi connectivity index (χ1v) is 6.53. The van der Waals surface area contributed by atoms with Crippen LogP contribution in [0.1, 0.15) is 12.1 Å². The summed E-state index contributed by atoms with van der Waals surface area (Å²) in [6.45, 7) is 0. The molecule has 0 aliphatic rings. The summed E-state index contributed by atoms with van der Waals surface area (Å²) >= 11 is 1.54. The van der Waals surface area contributed by atoms with Crippen molar-refractivity contribution in [2.24, 2.45) is 0 Å². The van der Waals surface area contributed by atoms with Gasteiger partial charge in [-0.15, -0.1) is 11.3 Å². The highest BCUT2D eigenvalue weighted by Gasteiger charge is 2.04. The minimum atomic E-state index is -0.00633. The minimum absolute atomic E-state index is 0.00633. The maximum absolute atomic E-state index is 11.7. The van der Waals surface area contributed by atoms with Crippen LogP contribution in [0.15, 0.2) is 35.2 Å². The molecule has 0 saturated heterocycles. The molecule has 0 unspecified atom stereocenters. The Morgan fingerprint density at radius 1 is 1.39 bits per heavy atom. The van der Waals surface area contributed by atoms with Crippen molar-refractivity contribution in [1.82, 2.24) is 4.98 Å². The molecule has 1 aromatic heterocycles. The second-order valence-electron chi connectivity index (χ2n) is 3.76. The van der Waals surface area contributed by atoms with E-state index in [1.54, 1.807) is 24.0 Å². The van der Waals surface area contributed by atoms with Gasteiger partial charge in [0.25, 0.3) is 0 Å². The highest BCUT2D eigenvalue weighted by Crippen LogP contribution is 2.15. The number of ether oxygens (including phenoxy) is 1. The van der Waals surface area contributed by atoms with Crippen LogP contribution in [0.3, 0.4) is 0 Å². The van der Waals surface area contributed by atoms with Crippen LogP contribution in [0.4, 0.5) is 5.69 Å². The zero-order valence-electron chi connectivity index (χ0n) is 10.1. The molecular formula is C13H14N2O2S. The number of methoxy groups -OCH3 is 1. The summed E-state index contributed by atoms with van der Waals surface area (Å²) in [4.78, 5) is 15.8. The van der Waals surface area contributed by atoms with E-state index >= 15 is 0 Å². The van der Waals surface area contributed by atoms with E-state index in [1.165, 1.54) is 0 Å². The second kappa shape index (κ2) is 6.16. The quantitative estimate of drug-likeness (QED) is 0.901. The first-order valence-electron chi connectivity index (χ1n) is 5.59. The first-order chi connectivity index (χ1) is 8.78. The molecular weight excluding hydrogens is 248 g/mol. The van der Waals surface area contributed by atoms with Crippen molar-refractivity contribution in [3.8, 4) is 5.75 Å². The molecule has 1 N–H and O–H groups in total. The van der Waals surface area contributed by atoms with Crippen LogP contribution in [-0.2, 0) is 11.2 Å². The molecule has 0 radical (unpaired) electrons. The maximum atomic E-state index is 11.7. The average molecular weight is 262 g/mol. The highest BCUT2D eigenvalue weighted by molar-refractivity contribution is 7.07. The number of aryl methyl sites for hydroxylation is 1. The largest absolute Gasteiger partial charge is 0.497 e. The Labute approximate surface area is 110 Å². The SMILES string of the molecule is COc1ccc(NC(=O)CCc2cscn2)cc1. The number of carbonyl (C=O) groups excluding carboxylic acids is 1. The predicted molar refractivity (Wildman–Crippen MR) is 72.1 cm³/mol. The molecule has 0 bridgehead atoms. The van der Waals surface area contributed by atoms with Gasteiger partial charge in [-0.3, -0.25) is 4.79 Å². The Bertz CT molecular complexity index is 494. The Morgan fingerprint density at radius 3 is 2.78 bits per heavy atom. The van der Waals surface area contributed by atoms with E-state index in [4.69, 9.17) is 4.74 Å². The van der Waals surface area contributed by atoms with Gasteiger partial charge in [0.15, 0.2) is 0 Å². The van der Waals surface area contributed by atoms with Crippen LogP contribution in [0.25, 0.3) is 0 Å². The van der Waals surface area contributed by atoms with Crippen LogP contribution >= 0.6 is 11.3 Å². The Kier molecular flexibility index (Phi) is 4.30. The molecule has 1 aromatic carbocycles. The Hall–Kier alpha value is -1.88. The van der Waals surface area contributed by atoms with Crippen molar-refractivity contribution in [2.75, 3.05) is 12.4 Å². The maximum Gasteiger partial charge on any atom is 0.224 e. The monoisotopic (exact) mass is 262 g/mol. The van der Waals surface area contributed by atoms with Crippen LogP contribution < -0.4 is 10.1 Å². The molecule has 2 rings (SSSR count). The van der Waals surface area contributed by atoms with Crippen molar-refractivity contribution in [1.29, 1.82) is 0 Å². The van der Waals surface area contributed by atoms with Gasteiger partial charge in [0.2, 0.25) is 5.91 Å². The van der Waals surface area contributed by atoms with Crippen molar-refractivity contribution >= 4 is 22.9 Å². The highest BCUT2D eigenvalue weighted by atomic mass is 32.1. The number of nitrogens with one attached hydrogen (secondary N) is 1. The van der Waals surface area contributed by atoms with E-state index in [9.17, 15) is 4.79 Å². The molecule has 94 valence electrons. The van der Waals surface area contributed by atoms with Crippen LogP contribution in [0, 0.1) is 0 Å². The summed E-state index contributed by atoms with van der Waals surface area (Å²) < 4.78 is 5.05. The third-order valence-corrected chi connectivity index (χ3v) is 3.10. The summed E-state index contributed by atoms with van der Waals surface area (Å²) in [6.07, 6.45) is 1.11. The number of rotatable bonds is 5. The summed E-state index contributed by atoms with van der Waals surface area (Å²) in [5, 5.41) is 4.80. The van der Waals surface area contributed by atoms with Crippen molar-refractivity contribution < 1.29 is 9.53 Å². The van der Waals surface area contributed by atoms with E-state index in [2.05, 4.69) is 10.3 Å². The smallest absolute Gasteiger partial charge is 0.224 e. The number of carbonyl (C=O) groups is 1. The number of thiazole rings is 1. The van der Waals surface area contributed by atoms with Gasteiger partial charge in [0.05, 0.1) is 18.3 Å². The molecule has 1 heterocycles. The lowest BCUT2D eigenvalue weighted by atomic mass is 10.2. The lowest BCUT2D eigenvalue weighted by molar-refractivity contribution is -0.116. The fourth-order valence-corrected chi connectivity index (χ4v) is 2.09. The minimum Gasteiger partial charge on any atom is -0.497 e. The normalized spacial score (nSPS) is 10.1. The lowest BCUT2D eigenvalue weighted by Gasteiger charge is -2.05. The molecule has 0 spiro atoms. The average Bonchev–Trinajstić information content (AvgIpc) is 2.90. The van der Waals surface area contributed by atoms with Crippen molar-refractivity contribution in [3.05, 3.63) is 40.8 Å². The number of aromatic nitrogens is 1. The predicted octanol–water partition coefficient (Wildman–Crippen LogP) is 2.72. The van der Waals surface area contributed by atoms with Gasteiger partial charge in [-0.05, 0) is 30.7 Å². The fourth-order valence-electron chi connectivity index (χ4n) is 1.50. The molecule has 18 heavy (non-hydrogen) atoms. The molecule has 0 fully saturated rings. The lowest BCUT2D eigenvalue weighted by Crippen LogP contribution is -2.12. The van der Waals surface area contributed by atoms with E-state index in [0.29, 0.717) is 12.8 Å². The summed E-state index contributed by atoms with van der Waals surface area (Å²) in [5.74, 6) is 0.767. The second-order valence-corrected chi connectivity index (χ2v) is 4.48.